The number of hydrogen-bond acceptors (Lipinski definition) is 2. The van der Waals surface area contributed by atoms with Crippen LogP contribution in [0.5, 0.6) is 0 Å². The van der Waals surface area contributed by atoms with Gasteiger partial charge in [0.2, 0.25) is 0 Å². The summed E-state index contributed by atoms with van der Waals surface area (Å²) in [7, 11) is -3.81. The van der Waals surface area contributed by atoms with E-state index in [4.69, 9.17) is 0 Å². The molecule has 2 unspecified atom stereocenters. The highest BCUT2D eigenvalue weighted by Crippen LogP contribution is 2.35. The Labute approximate surface area is 91.0 Å². The number of rotatable bonds is 6. The Morgan fingerprint density at radius 2 is 1.20 bits per heavy atom. The lowest BCUT2D eigenvalue weighted by molar-refractivity contribution is 0.345. The van der Waals surface area contributed by atoms with E-state index in [0.29, 0.717) is 0 Å². The molecule has 0 aromatic carbocycles. The number of alkyl halides is 2. The highest BCUT2D eigenvalue weighted by molar-refractivity contribution is 7.94. The molecule has 0 aliphatic carbocycles. The first kappa shape index (κ1) is 14.8. The number of hydrogen-bond donors (Lipinski definition) is 0. The minimum Gasteiger partial charge on any atom is -0.249 e. The molecule has 15 heavy (non-hydrogen) atoms. The molecule has 0 spiro atoms. The number of sulfone groups is 1. The fourth-order valence-electron chi connectivity index (χ4n) is 1.31. The van der Waals surface area contributed by atoms with Gasteiger partial charge in [0.05, 0.1) is 9.49 Å². The van der Waals surface area contributed by atoms with E-state index in [2.05, 4.69) is 0 Å². The molecular formula is C10H20F2O2S. The average Bonchev–Trinajstić information content (AvgIpc) is 2.26. The van der Waals surface area contributed by atoms with Crippen LogP contribution in [0.15, 0.2) is 0 Å². The summed E-state index contributed by atoms with van der Waals surface area (Å²) in [5, 5.41) is 0. The smallest absolute Gasteiger partial charge is 0.166 e. The van der Waals surface area contributed by atoms with E-state index < -0.39 is 32.7 Å². The quantitative estimate of drug-likeness (QED) is 0.717. The lowest BCUT2D eigenvalue weighted by Crippen LogP contribution is -2.51. The second-order valence-corrected chi connectivity index (χ2v) is 7.36. The summed E-state index contributed by atoms with van der Waals surface area (Å²) >= 11 is 0. The minimum atomic E-state index is -3.81. The van der Waals surface area contributed by atoms with Crippen LogP contribution in [0.4, 0.5) is 8.78 Å². The predicted octanol–water partition coefficient (Wildman–Crippen LogP) is 2.68. The fourth-order valence-corrected chi connectivity index (χ4v) is 3.54. The Balaban J connectivity index is 5.48. The molecule has 0 N–H and O–H groups in total. The Bertz CT molecular complexity index is 267. The average molecular weight is 242 g/mol. The Morgan fingerprint density at radius 3 is 1.33 bits per heavy atom. The van der Waals surface area contributed by atoms with Gasteiger partial charge in [-0.3, -0.25) is 0 Å². The van der Waals surface area contributed by atoms with Crippen molar-refractivity contribution in [2.45, 2.75) is 50.0 Å². The molecule has 0 bridgehead atoms. The number of halogens is 2. The van der Waals surface area contributed by atoms with E-state index in [0.717, 1.165) is 0 Å². The molecule has 0 aromatic rings. The lowest BCUT2D eigenvalue weighted by atomic mass is 10.1. The van der Waals surface area contributed by atoms with Crippen LogP contribution < -0.4 is 0 Å². The first-order valence-corrected chi connectivity index (χ1v) is 6.59. The summed E-state index contributed by atoms with van der Waals surface area (Å²) in [4.78, 5) is 0. The molecule has 0 heterocycles. The van der Waals surface area contributed by atoms with Gasteiger partial charge in [0.15, 0.2) is 9.84 Å². The summed E-state index contributed by atoms with van der Waals surface area (Å²) in [5.41, 5.74) is 0. The second kappa shape index (κ2) is 4.76. The van der Waals surface area contributed by atoms with Crippen molar-refractivity contribution in [3.8, 4) is 0 Å². The largest absolute Gasteiger partial charge is 0.249 e. The summed E-state index contributed by atoms with van der Waals surface area (Å²) in [5.74, 6) is 0. The monoisotopic (exact) mass is 242 g/mol. The Hall–Kier alpha value is -0.190. The van der Waals surface area contributed by atoms with Gasteiger partial charge in [0, 0.05) is 0 Å². The second-order valence-electron chi connectivity index (χ2n) is 4.38. The summed E-state index contributed by atoms with van der Waals surface area (Å²) < 4.78 is 47.0. The molecule has 0 saturated heterocycles. The van der Waals surface area contributed by atoms with Crippen molar-refractivity contribution in [2.75, 3.05) is 13.3 Å². The van der Waals surface area contributed by atoms with E-state index in [1.54, 1.807) is 13.8 Å². The molecule has 2 nitrogen and oxygen atoms in total. The van der Waals surface area contributed by atoms with Gasteiger partial charge in [-0.1, -0.05) is 13.8 Å². The standard InChI is InChI=1S/C10H20F2O2S/c1-5-9(3,7-11)15(13,14)10(4,6-2)8-12/h5-8H2,1-4H3. The first-order chi connectivity index (χ1) is 6.74. The maximum Gasteiger partial charge on any atom is 0.166 e. The third-order valence-corrected chi connectivity index (χ3v) is 6.75. The molecule has 0 aromatic heterocycles. The molecular weight excluding hydrogens is 222 g/mol. The fraction of sp³-hybridized carbons (Fsp3) is 1.00. The van der Waals surface area contributed by atoms with Gasteiger partial charge < -0.3 is 0 Å². The van der Waals surface area contributed by atoms with Gasteiger partial charge in [-0.05, 0) is 26.7 Å². The first-order valence-electron chi connectivity index (χ1n) is 5.10. The van der Waals surface area contributed by atoms with Crippen LogP contribution in [0.2, 0.25) is 0 Å². The highest BCUT2D eigenvalue weighted by atomic mass is 32.2. The van der Waals surface area contributed by atoms with Gasteiger partial charge in [-0.2, -0.15) is 0 Å². The maximum atomic E-state index is 12.8. The molecule has 0 rings (SSSR count). The zero-order valence-electron chi connectivity index (χ0n) is 9.81. The van der Waals surface area contributed by atoms with Crippen LogP contribution >= 0.6 is 0 Å². The van der Waals surface area contributed by atoms with Crippen LogP contribution in [0.1, 0.15) is 40.5 Å². The minimum absolute atomic E-state index is 0.154. The van der Waals surface area contributed by atoms with E-state index in [1.165, 1.54) is 13.8 Å². The van der Waals surface area contributed by atoms with Gasteiger partial charge in [-0.25, -0.2) is 17.2 Å². The molecule has 92 valence electrons. The van der Waals surface area contributed by atoms with Crippen LogP contribution in [0, 0.1) is 0 Å². The molecule has 0 radical (unpaired) electrons. The van der Waals surface area contributed by atoms with Crippen molar-refractivity contribution < 1.29 is 17.2 Å². The van der Waals surface area contributed by atoms with E-state index in [9.17, 15) is 17.2 Å². The molecule has 2 atom stereocenters. The summed E-state index contributed by atoms with van der Waals surface area (Å²) in [6.45, 7) is 3.94. The predicted molar refractivity (Wildman–Crippen MR) is 58.3 cm³/mol. The summed E-state index contributed by atoms with van der Waals surface area (Å²) in [6, 6.07) is 0. The third-order valence-electron chi connectivity index (χ3n) is 3.36. The van der Waals surface area contributed by atoms with Crippen molar-refractivity contribution in [1.29, 1.82) is 0 Å². The lowest BCUT2D eigenvalue weighted by Gasteiger charge is -2.35. The zero-order valence-corrected chi connectivity index (χ0v) is 10.6. The SMILES string of the molecule is CCC(C)(CF)S(=O)(=O)C(C)(CC)CF. The highest BCUT2D eigenvalue weighted by Gasteiger charge is 2.49. The van der Waals surface area contributed by atoms with Gasteiger partial charge in [0.1, 0.15) is 13.3 Å². The van der Waals surface area contributed by atoms with Crippen molar-refractivity contribution >= 4 is 9.84 Å². The molecule has 0 saturated carbocycles. The third kappa shape index (κ3) is 2.17. The maximum absolute atomic E-state index is 12.8. The van der Waals surface area contributed by atoms with Gasteiger partial charge >= 0.3 is 0 Å². The van der Waals surface area contributed by atoms with Gasteiger partial charge in [0.25, 0.3) is 0 Å². The van der Waals surface area contributed by atoms with Gasteiger partial charge in [-0.15, -0.1) is 0 Å². The van der Waals surface area contributed by atoms with Crippen molar-refractivity contribution in [3.63, 3.8) is 0 Å². The topological polar surface area (TPSA) is 34.1 Å². The zero-order chi connectivity index (χ0) is 12.3. The van der Waals surface area contributed by atoms with Crippen LogP contribution in [0.25, 0.3) is 0 Å². The van der Waals surface area contributed by atoms with Crippen molar-refractivity contribution in [1.82, 2.24) is 0 Å². The Kier molecular flexibility index (Phi) is 4.70. The van der Waals surface area contributed by atoms with Crippen LogP contribution in [0.3, 0.4) is 0 Å². The normalized spacial score (nSPS) is 20.7. The van der Waals surface area contributed by atoms with Crippen LogP contribution in [-0.4, -0.2) is 31.3 Å². The summed E-state index contributed by atoms with van der Waals surface area (Å²) in [6.07, 6.45) is 0.308. The van der Waals surface area contributed by atoms with E-state index >= 15 is 0 Å². The van der Waals surface area contributed by atoms with Crippen molar-refractivity contribution in [2.24, 2.45) is 0 Å². The van der Waals surface area contributed by atoms with E-state index in [1.807, 2.05) is 0 Å². The molecule has 0 aliphatic heterocycles. The Morgan fingerprint density at radius 1 is 0.933 bits per heavy atom. The van der Waals surface area contributed by atoms with E-state index in [-0.39, 0.29) is 12.8 Å². The van der Waals surface area contributed by atoms with Crippen molar-refractivity contribution in [3.05, 3.63) is 0 Å². The van der Waals surface area contributed by atoms with Crippen LogP contribution in [-0.2, 0) is 9.84 Å². The molecule has 0 amide bonds. The molecule has 0 fully saturated rings. The molecule has 0 aliphatic rings. The molecule has 5 heteroatoms.